The van der Waals surface area contributed by atoms with Crippen LogP contribution in [0.2, 0.25) is 0 Å². The zero-order valence-corrected chi connectivity index (χ0v) is 8.92. The summed E-state index contributed by atoms with van der Waals surface area (Å²) in [6.45, 7) is 3.76. The molecule has 1 aromatic rings. The van der Waals surface area contributed by atoms with Crippen molar-refractivity contribution in [2.75, 3.05) is 18.4 Å². The number of hydrogen-bond donors (Lipinski definition) is 2. The molecule has 82 valence electrons. The van der Waals surface area contributed by atoms with Gasteiger partial charge in [0.25, 0.3) is 0 Å². The molecule has 0 atom stereocenters. The summed E-state index contributed by atoms with van der Waals surface area (Å²) in [5, 5.41) is 9.67. The summed E-state index contributed by atoms with van der Waals surface area (Å²) in [5.41, 5.74) is 1.03. The van der Waals surface area contributed by atoms with Crippen molar-refractivity contribution < 1.29 is 4.79 Å². The molecule has 5 nitrogen and oxygen atoms in total. The highest BCUT2D eigenvalue weighted by Gasteiger charge is 2.18. The van der Waals surface area contributed by atoms with Crippen LogP contribution in [0.3, 0.4) is 0 Å². The van der Waals surface area contributed by atoms with Gasteiger partial charge in [0.1, 0.15) is 0 Å². The van der Waals surface area contributed by atoms with Gasteiger partial charge in [-0.3, -0.25) is 10.4 Å². The van der Waals surface area contributed by atoms with Crippen molar-refractivity contribution in [1.82, 2.24) is 15.1 Å². The summed E-state index contributed by atoms with van der Waals surface area (Å²) in [6.07, 6.45) is 3.11. The molecule has 1 fully saturated rings. The van der Waals surface area contributed by atoms with Gasteiger partial charge in [-0.05, 0) is 19.3 Å². The number of amides is 2. The molecule has 0 unspecified atom stereocenters. The maximum Gasteiger partial charge on any atom is 0.323 e. The molecule has 1 aromatic heterocycles. The average molecular weight is 208 g/mol. The lowest BCUT2D eigenvalue weighted by molar-refractivity contribution is 0.222. The number of rotatable bonds is 2. The molecule has 5 heteroatoms. The lowest BCUT2D eigenvalue weighted by Crippen LogP contribution is -2.32. The van der Waals surface area contributed by atoms with Gasteiger partial charge in [0.15, 0.2) is 5.82 Å². The first kappa shape index (κ1) is 10.0. The lowest BCUT2D eigenvalue weighted by atomic mass is 10.3. The van der Waals surface area contributed by atoms with E-state index in [2.05, 4.69) is 15.5 Å². The number of anilines is 1. The number of H-pyrrole nitrogens is 1. The van der Waals surface area contributed by atoms with Crippen LogP contribution in [0.4, 0.5) is 10.6 Å². The van der Waals surface area contributed by atoms with E-state index in [0.717, 1.165) is 38.0 Å². The highest BCUT2D eigenvalue weighted by Crippen LogP contribution is 2.11. The third kappa shape index (κ3) is 2.29. The SMILES string of the molecule is CCc1cc(NC(=O)N2CCCC2)n[nH]1. The Morgan fingerprint density at radius 2 is 2.33 bits per heavy atom. The number of carbonyl (C=O) groups excluding carboxylic acids is 1. The minimum Gasteiger partial charge on any atom is -0.324 e. The second kappa shape index (κ2) is 4.33. The number of likely N-dealkylation sites (tertiary alicyclic amines) is 1. The van der Waals surface area contributed by atoms with Crippen LogP contribution in [0.15, 0.2) is 6.07 Å². The zero-order chi connectivity index (χ0) is 10.7. The molecular formula is C10H16N4O. The zero-order valence-electron chi connectivity index (χ0n) is 8.92. The van der Waals surface area contributed by atoms with E-state index in [1.54, 1.807) is 0 Å². The molecule has 1 aliphatic rings. The molecule has 0 spiro atoms. The van der Waals surface area contributed by atoms with Crippen molar-refractivity contribution >= 4 is 11.8 Å². The summed E-state index contributed by atoms with van der Waals surface area (Å²) in [4.78, 5) is 13.5. The highest BCUT2D eigenvalue weighted by molar-refractivity contribution is 5.88. The summed E-state index contributed by atoms with van der Waals surface area (Å²) < 4.78 is 0. The van der Waals surface area contributed by atoms with Crippen LogP contribution < -0.4 is 5.32 Å². The van der Waals surface area contributed by atoms with Crippen molar-refractivity contribution in [3.8, 4) is 0 Å². The average Bonchev–Trinajstić information content (AvgIpc) is 2.87. The number of carbonyl (C=O) groups is 1. The number of nitrogens with one attached hydrogen (secondary N) is 2. The normalized spacial score (nSPS) is 15.7. The topological polar surface area (TPSA) is 61.0 Å². The van der Waals surface area contributed by atoms with Crippen molar-refractivity contribution in [2.45, 2.75) is 26.2 Å². The molecular weight excluding hydrogens is 192 g/mol. The second-order valence-corrected chi connectivity index (χ2v) is 3.76. The fourth-order valence-corrected chi connectivity index (χ4v) is 1.72. The van der Waals surface area contributed by atoms with E-state index in [1.807, 2.05) is 17.9 Å². The molecule has 0 bridgehead atoms. The van der Waals surface area contributed by atoms with Gasteiger partial charge >= 0.3 is 6.03 Å². The van der Waals surface area contributed by atoms with E-state index in [-0.39, 0.29) is 6.03 Å². The Bertz CT molecular complexity index is 341. The van der Waals surface area contributed by atoms with E-state index in [0.29, 0.717) is 5.82 Å². The number of aromatic nitrogens is 2. The van der Waals surface area contributed by atoms with Crippen LogP contribution >= 0.6 is 0 Å². The van der Waals surface area contributed by atoms with Crippen LogP contribution in [0.1, 0.15) is 25.5 Å². The fraction of sp³-hybridized carbons (Fsp3) is 0.600. The van der Waals surface area contributed by atoms with E-state index >= 15 is 0 Å². The minimum atomic E-state index is -0.0401. The van der Waals surface area contributed by atoms with Crippen LogP contribution in [0, 0.1) is 0 Å². The number of hydrogen-bond acceptors (Lipinski definition) is 2. The summed E-state index contributed by atoms with van der Waals surface area (Å²) >= 11 is 0. The van der Waals surface area contributed by atoms with Gasteiger partial charge < -0.3 is 4.90 Å². The predicted octanol–water partition coefficient (Wildman–Crippen LogP) is 1.60. The molecule has 2 heterocycles. The number of urea groups is 1. The Labute approximate surface area is 88.8 Å². The van der Waals surface area contributed by atoms with E-state index < -0.39 is 0 Å². The van der Waals surface area contributed by atoms with Gasteiger partial charge in [0.05, 0.1) is 0 Å². The van der Waals surface area contributed by atoms with Gasteiger partial charge in [0.2, 0.25) is 0 Å². The van der Waals surface area contributed by atoms with Crippen molar-refractivity contribution in [2.24, 2.45) is 0 Å². The largest absolute Gasteiger partial charge is 0.324 e. The maximum absolute atomic E-state index is 11.7. The van der Waals surface area contributed by atoms with E-state index in [1.165, 1.54) is 0 Å². The Hall–Kier alpha value is -1.52. The number of aryl methyl sites for hydroxylation is 1. The van der Waals surface area contributed by atoms with Crippen molar-refractivity contribution in [3.05, 3.63) is 11.8 Å². The standard InChI is InChI=1S/C10H16N4O/c1-2-8-7-9(13-12-8)11-10(15)14-5-3-4-6-14/h7H,2-6H2,1H3,(H2,11,12,13,15). The summed E-state index contributed by atoms with van der Waals surface area (Å²) in [7, 11) is 0. The number of nitrogens with zero attached hydrogens (tertiary/aromatic N) is 2. The van der Waals surface area contributed by atoms with Crippen LogP contribution in [-0.2, 0) is 6.42 Å². The van der Waals surface area contributed by atoms with Crippen LogP contribution in [0.25, 0.3) is 0 Å². The molecule has 2 N–H and O–H groups in total. The smallest absolute Gasteiger partial charge is 0.323 e. The van der Waals surface area contributed by atoms with E-state index in [4.69, 9.17) is 0 Å². The molecule has 1 saturated heterocycles. The third-order valence-electron chi connectivity index (χ3n) is 2.64. The Kier molecular flexibility index (Phi) is 2.89. The molecule has 2 rings (SSSR count). The van der Waals surface area contributed by atoms with Gasteiger partial charge in [-0.2, -0.15) is 5.10 Å². The van der Waals surface area contributed by atoms with Gasteiger partial charge in [-0.25, -0.2) is 4.79 Å². The molecule has 0 aromatic carbocycles. The van der Waals surface area contributed by atoms with Crippen LogP contribution in [-0.4, -0.2) is 34.2 Å². The maximum atomic E-state index is 11.7. The minimum absolute atomic E-state index is 0.0401. The van der Waals surface area contributed by atoms with Gasteiger partial charge in [-0.15, -0.1) is 0 Å². The summed E-state index contributed by atoms with van der Waals surface area (Å²) in [5.74, 6) is 0.615. The molecule has 0 aliphatic carbocycles. The van der Waals surface area contributed by atoms with Crippen molar-refractivity contribution in [1.29, 1.82) is 0 Å². The molecule has 0 radical (unpaired) electrons. The summed E-state index contributed by atoms with van der Waals surface area (Å²) in [6, 6.07) is 1.83. The van der Waals surface area contributed by atoms with Crippen LogP contribution in [0.5, 0.6) is 0 Å². The first-order chi connectivity index (χ1) is 7.29. The fourth-order valence-electron chi connectivity index (χ4n) is 1.72. The Morgan fingerprint density at radius 1 is 1.60 bits per heavy atom. The third-order valence-corrected chi connectivity index (χ3v) is 2.64. The Morgan fingerprint density at radius 3 is 2.93 bits per heavy atom. The molecule has 1 aliphatic heterocycles. The van der Waals surface area contributed by atoms with E-state index in [9.17, 15) is 4.79 Å². The Balaban J connectivity index is 1.92. The molecule has 0 saturated carbocycles. The first-order valence-electron chi connectivity index (χ1n) is 5.40. The lowest BCUT2D eigenvalue weighted by Gasteiger charge is -2.14. The van der Waals surface area contributed by atoms with Gasteiger partial charge in [0, 0.05) is 24.8 Å². The van der Waals surface area contributed by atoms with Crippen molar-refractivity contribution in [3.63, 3.8) is 0 Å². The predicted molar refractivity (Wildman–Crippen MR) is 57.8 cm³/mol. The van der Waals surface area contributed by atoms with Gasteiger partial charge in [-0.1, -0.05) is 6.92 Å². The first-order valence-corrected chi connectivity index (χ1v) is 5.40. The quantitative estimate of drug-likeness (QED) is 0.775. The second-order valence-electron chi connectivity index (χ2n) is 3.76. The molecule has 2 amide bonds. The molecule has 15 heavy (non-hydrogen) atoms. The monoisotopic (exact) mass is 208 g/mol. The highest BCUT2D eigenvalue weighted by atomic mass is 16.2. The number of aromatic amines is 1.